The van der Waals surface area contributed by atoms with Crippen molar-refractivity contribution in [3.8, 4) is 11.8 Å². The van der Waals surface area contributed by atoms with Gasteiger partial charge >= 0.3 is 0 Å². The topological polar surface area (TPSA) is 169 Å². The normalized spacial score (nSPS) is 28.3. The standard InChI is InChI=1S/C22H30N6O5/c1-4-24-19(31)16-14(29)15(30)20(33-16)28-11-25-13-17(23)26-12(27-18(13)28)5-6-22(32)9-7-21(2,3)8-10-22/h11,14-16,20,29-30,32H,4,7-10H2,1-3H3,(H,24,31)(H2,23,26,27)/t14-,15+,16-,20+/m0/s1. The van der Waals surface area contributed by atoms with Gasteiger partial charge < -0.3 is 31.1 Å². The maximum Gasteiger partial charge on any atom is 0.252 e. The van der Waals surface area contributed by atoms with Crippen LogP contribution < -0.4 is 11.1 Å². The first kappa shape index (κ1) is 23.4. The summed E-state index contributed by atoms with van der Waals surface area (Å²) < 4.78 is 7.05. The summed E-state index contributed by atoms with van der Waals surface area (Å²) >= 11 is 0. The number of anilines is 1. The average molecular weight is 459 g/mol. The van der Waals surface area contributed by atoms with Crippen molar-refractivity contribution in [1.29, 1.82) is 0 Å². The molecule has 0 unspecified atom stereocenters. The van der Waals surface area contributed by atoms with Gasteiger partial charge in [-0.05, 0) is 43.9 Å². The van der Waals surface area contributed by atoms with Crippen LogP contribution in [0.1, 0.15) is 58.5 Å². The highest BCUT2D eigenvalue weighted by Gasteiger charge is 2.47. The first-order valence-electron chi connectivity index (χ1n) is 11.1. The number of imidazole rings is 1. The van der Waals surface area contributed by atoms with Crippen LogP contribution in [0.5, 0.6) is 0 Å². The largest absolute Gasteiger partial charge is 0.387 e. The smallest absolute Gasteiger partial charge is 0.252 e. The fourth-order valence-corrected chi connectivity index (χ4v) is 4.20. The molecule has 2 aliphatic rings. The number of fused-ring (bicyclic) bond motifs is 1. The van der Waals surface area contributed by atoms with Crippen LogP contribution in [0.4, 0.5) is 5.82 Å². The van der Waals surface area contributed by atoms with Gasteiger partial charge in [-0.2, -0.15) is 0 Å². The van der Waals surface area contributed by atoms with Gasteiger partial charge in [0.15, 0.2) is 23.8 Å². The number of rotatable bonds is 3. The molecule has 2 aromatic rings. The molecule has 0 aromatic carbocycles. The number of nitrogens with one attached hydrogen (secondary N) is 1. The number of amides is 1. The molecule has 11 nitrogen and oxygen atoms in total. The fraction of sp³-hybridized carbons (Fsp3) is 0.636. The number of ether oxygens (including phenoxy) is 1. The minimum Gasteiger partial charge on any atom is -0.387 e. The molecule has 1 aliphatic carbocycles. The molecule has 4 atom stereocenters. The van der Waals surface area contributed by atoms with Crippen molar-refractivity contribution < 1.29 is 24.9 Å². The van der Waals surface area contributed by atoms with E-state index < -0.39 is 36.0 Å². The Bertz CT molecular complexity index is 1110. The van der Waals surface area contributed by atoms with Crippen molar-refractivity contribution in [2.75, 3.05) is 12.3 Å². The van der Waals surface area contributed by atoms with E-state index in [1.807, 2.05) is 0 Å². The molecule has 2 fully saturated rings. The minimum absolute atomic E-state index is 0.0770. The zero-order chi connectivity index (χ0) is 24.0. The van der Waals surface area contributed by atoms with E-state index in [2.05, 4.69) is 46.0 Å². The molecule has 1 saturated carbocycles. The van der Waals surface area contributed by atoms with E-state index in [1.165, 1.54) is 10.9 Å². The van der Waals surface area contributed by atoms with Crippen LogP contribution in [0.2, 0.25) is 0 Å². The number of nitrogen functional groups attached to an aromatic ring is 1. The maximum atomic E-state index is 12.2. The first-order chi connectivity index (χ1) is 15.5. The summed E-state index contributed by atoms with van der Waals surface area (Å²) in [5.74, 6) is 5.37. The molecular formula is C22H30N6O5. The van der Waals surface area contributed by atoms with Gasteiger partial charge in [-0.3, -0.25) is 9.36 Å². The summed E-state index contributed by atoms with van der Waals surface area (Å²) in [7, 11) is 0. The summed E-state index contributed by atoms with van der Waals surface area (Å²) in [4.78, 5) is 24.9. The number of likely N-dealkylation sites (N-methyl/N-ethyl adjacent to an activating group) is 1. The van der Waals surface area contributed by atoms with Crippen molar-refractivity contribution in [1.82, 2.24) is 24.8 Å². The lowest BCUT2D eigenvalue weighted by molar-refractivity contribution is -0.137. The van der Waals surface area contributed by atoms with Gasteiger partial charge in [-0.25, -0.2) is 15.0 Å². The molecular weight excluding hydrogens is 428 g/mol. The number of hydrogen-bond acceptors (Lipinski definition) is 9. The maximum absolute atomic E-state index is 12.2. The summed E-state index contributed by atoms with van der Waals surface area (Å²) in [6.07, 6.45) is -0.992. The van der Waals surface area contributed by atoms with Crippen LogP contribution in [0.15, 0.2) is 6.33 Å². The van der Waals surface area contributed by atoms with E-state index in [0.29, 0.717) is 19.4 Å². The van der Waals surface area contributed by atoms with Crippen LogP contribution >= 0.6 is 0 Å². The molecule has 0 radical (unpaired) electrons. The highest BCUT2D eigenvalue weighted by Crippen LogP contribution is 2.40. The summed E-state index contributed by atoms with van der Waals surface area (Å²) in [6.45, 7) is 6.44. The predicted molar refractivity (Wildman–Crippen MR) is 118 cm³/mol. The Balaban J connectivity index is 1.63. The second kappa shape index (κ2) is 8.53. The van der Waals surface area contributed by atoms with Gasteiger partial charge in [0.25, 0.3) is 5.91 Å². The number of carbonyl (C=O) groups is 1. The van der Waals surface area contributed by atoms with Gasteiger partial charge in [-0.15, -0.1) is 0 Å². The molecule has 33 heavy (non-hydrogen) atoms. The van der Waals surface area contributed by atoms with Crippen molar-refractivity contribution >= 4 is 22.9 Å². The molecule has 0 bridgehead atoms. The third-order valence-electron chi connectivity index (χ3n) is 6.41. The zero-order valence-corrected chi connectivity index (χ0v) is 18.9. The number of nitrogens with zero attached hydrogens (tertiary/aromatic N) is 4. The second-order valence-corrected chi connectivity index (χ2v) is 9.53. The van der Waals surface area contributed by atoms with Crippen molar-refractivity contribution in [2.45, 2.75) is 76.6 Å². The van der Waals surface area contributed by atoms with Gasteiger partial charge in [0.1, 0.15) is 23.3 Å². The van der Waals surface area contributed by atoms with E-state index in [0.717, 1.165) is 12.8 Å². The molecule has 3 heterocycles. The molecule has 11 heteroatoms. The lowest BCUT2D eigenvalue weighted by Gasteiger charge is -2.37. The van der Waals surface area contributed by atoms with Crippen molar-refractivity contribution in [3.05, 3.63) is 12.2 Å². The highest BCUT2D eigenvalue weighted by molar-refractivity contribution is 5.83. The molecule has 1 saturated heterocycles. The lowest BCUT2D eigenvalue weighted by Crippen LogP contribution is -2.42. The van der Waals surface area contributed by atoms with Gasteiger partial charge in [0.05, 0.1) is 6.33 Å². The summed E-state index contributed by atoms with van der Waals surface area (Å²) in [5, 5.41) is 34.2. The second-order valence-electron chi connectivity index (χ2n) is 9.53. The molecule has 1 aliphatic heterocycles. The zero-order valence-electron chi connectivity index (χ0n) is 18.9. The highest BCUT2D eigenvalue weighted by atomic mass is 16.6. The Morgan fingerprint density at radius 2 is 1.97 bits per heavy atom. The lowest BCUT2D eigenvalue weighted by atomic mass is 9.71. The summed E-state index contributed by atoms with van der Waals surface area (Å²) in [6, 6.07) is 0. The minimum atomic E-state index is -1.43. The van der Waals surface area contributed by atoms with E-state index in [1.54, 1.807) is 6.92 Å². The van der Waals surface area contributed by atoms with E-state index >= 15 is 0 Å². The number of aliphatic hydroxyl groups excluding tert-OH is 2. The Labute approximate surface area is 191 Å². The monoisotopic (exact) mass is 458 g/mol. The molecule has 2 aromatic heterocycles. The average Bonchev–Trinajstić information content (AvgIpc) is 3.31. The molecule has 1 amide bonds. The van der Waals surface area contributed by atoms with E-state index in [-0.39, 0.29) is 28.2 Å². The van der Waals surface area contributed by atoms with Gasteiger partial charge in [0.2, 0.25) is 5.82 Å². The Morgan fingerprint density at radius 3 is 2.64 bits per heavy atom. The number of aromatic nitrogens is 4. The predicted octanol–water partition coefficient (Wildman–Crippen LogP) is -0.153. The Kier molecular flexibility index (Phi) is 6.05. The van der Waals surface area contributed by atoms with Crippen LogP contribution in [0.3, 0.4) is 0 Å². The SMILES string of the molecule is CCNC(=O)[C@H]1O[C@@H](n2cnc3c(N)nc(C#CC4(O)CCC(C)(C)CC4)nc32)[C@H](O)[C@@H]1O. The number of carbonyl (C=O) groups excluding carboxylic acids is 1. The number of aliphatic hydroxyl groups is 3. The van der Waals surface area contributed by atoms with E-state index in [4.69, 9.17) is 10.5 Å². The Hall–Kier alpha value is -2.78. The van der Waals surface area contributed by atoms with Crippen LogP contribution in [-0.2, 0) is 9.53 Å². The molecule has 6 N–H and O–H groups in total. The van der Waals surface area contributed by atoms with Gasteiger partial charge in [0, 0.05) is 6.54 Å². The molecule has 0 spiro atoms. The number of nitrogens with two attached hydrogens (primary N) is 1. The van der Waals surface area contributed by atoms with E-state index in [9.17, 15) is 20.1 Å². The molecule has 4 rings (SSSR count). The fourth-order valence-electron chi connectivity index (χ4n) is 4.20. The summed E-state index contributed by atoms with van der Waals surface area (Å²) in [5.41, 5.74) is 5.62. The third kappa shape index (κ3) is 4.52. The van der Waals surface area contributed by atoms with Crippen molar-refractivity contribution in [2.24, 2.45) is 5.41 Å². The van der Waals surface area contributed by atoms with Crippen LogP contribution in [0, 0.1) is 17.3 Å². The van der Waals surface area contributed by atoms with Crippen LogP contribution in [-0.4, -0.2) is 71.2 Å². The Morgan fingerprint density at radius 1 is 1.27 bits per heavy atom. The van der Waals surface area contributed by atoms with Crippen molar-refractivity contribution in [3.63, 3.8) is 0 Å². The van der Waals surface area contributed by atoms with Crippen LogP contribution in [0.25, 0.3) is 11.2 Å². The third-order valence-corrected chi connectivity index (χ3v) is 6.41. The first-order valence-corrected chi connectivity index (χ1v) is 11.1. The number of hydrogen-bond donors (Lipinski definition) is 5. The quantitative estimate of drug-likeness (QED) is 0.393. The van der Waals surface area contributed by atoms with Gasteiger partial charge in [-0.1, -0.05) is 19.8 Å². The molecule has 178 valence electrons.